The van der Waals surface area contributed by atoms with Gasteiger partial charge in [-0.3, -0.25) is 8.74 Å². The summed E-state index contributed by atoms with van der Waals surface area (Å²) in [6, 6.07) is 0. The number of hydrogen-bond donors (Lipinski definition) is 4. The van der Waals surface area contributed by atoms with Gasteiger partial charge in [-0.2, -0.15) is 8.42 Å². The molecular formula is C3H11NO6S. The maximum Gasteiger partial charge on any atom is 0.397 e. The zero-order valence-electron chi connectivity index (χ0n) is 5.84. The van der Waals surface area contributed by atoms with E-state index in [2.05, 4.69) is 9.92 Å². The van der Waals surface area contributed by atoms with Crippen LogP contribution in [0.15, 0.2) is 0 Å². The van der Waals surface area contributed by atoms with Crippen LogP contribution in [0, 0.1) is 0 Å². The summed E-state index contributed by atoms with van der Waals surface area (Å²) in [6.45, 7) is -0.0833. The molecular weight excluding hydrogens is 178 g/mol. The maximum absolute atomic E-state index is 9.33. The van der Waals surface area contributed by atoms with E-state index >= 15 is 0 Å². The van der Waals surface area contributed by atoms with Crippen molar-refractivity contribution in [3.05, 3.63) is 0 Å². The summed E-state index contributed by atoms with van der Waals surface area (Å²) < 4.78 is 29.7. The van der Waals surface area contributed by atoms with Crippen molar-refractivity contribution in [3.63, 3.8) is 0 Å². The highest BCUT2D eigenvalue weighted by atomic mass is 32.3. The van der Waals surface area contributed by atoms with E-state index in [4.69, 9.17) is 14.8 Å². The molecule has 0 heterocycles. The Labute approximate surface area is 64.4 Å². The molecule has 7 nitrogen and oxygen atoms in total. The minimum absolute atomic E-state index is 0.0833. The first kappa shape index (κ1) is 13.3. The van der Waals surface area contributed by atoms with Crippen molar-refractivity contribution in [2.24, 2.45) is 5.73 Å². The molecule has 0 aliphatic heterocycles. The standard InChI is InChI=1S/C2H7NO2.CH4O4S/c3-1-2(4)5;1-5-6(2,3)4/h2,4-5H,1,3H2;1H3,(H,2,3,4). The van der Waals surface area contributed by atoms with Crippen LogP contribution in [0.1, 0.15) is 0 Å². The van der Waals surface area contributed by atoms with E-state index < -0.39 is 16.7 Å². The quantitative estimate of drug-likeness (QED) is 0.283. The minimum atomic E-state index is -4.16. The van der Waals surface area contributed by atoms with Gasteiger partial charge in [0.1, 0.15) is 0 Å². The molecule has 0 saturated carbocycles. The number of rotatable bonds is 2. The molecule has 0 amide bonds. The van der Waals surface area contributed by atoms with E-state index in [-0.39, 0.29) is 6.54 Å². The minimum Gasteiger partial charge on any atom is -0.367 e. The highest BCUT2D eigenvalue weighted by molar-refractivity contribution is 7.80. The number of aliphatic hydroxyl groups excluding tert-OH is 1. The van der Waals surface area contributed by atoms with Gasteiger partial charge in [-0.25, -0.2) is 0 Å². The van der Waals surface area contributed by atoms with E-state index in [9.17, 15) is 8.42 Å². The molecule has 8 heteroatoms. The normalized spacial score (nSPS) is 10.7. The van der Waals surface area contributed by atoms with Crippen LogP contribution in [0.25, 0.3) is 0 Å². The van der Waals surface area contributed by atoms with Gasteiger partial charge in [-0.05, 0) is 0 Å². The van der Waals surface area contributed by atoms with Crippen molar-refractivity contribution in [1.82, 2.24) is 0 Å². The lowest BCUT2D eigenvalue weighted by molar-refractivity contribution is -0.0309. The lowest BCUT2D eigenvalue weighted by Gasteiger charge is -1.90. The summed E-state index contributed by atoms with van der Waals surface area (Å²) in [5.74, 6) is 0. The maximum atomic E-state index is 9.33. The van der Waals surface area contributed by atoms with Crippen LogP contribution in [0.4, 0.5) is 0 Å². The van der Waals surface area contributed by atoms with Gasteiger partial charge in [0.15, 0.2) is 6.29 Å². The third-order valence-corrected chi connectivity index (χ3v) is 0.843. The zero-order valence-corrected chi connectivity index (χ0v) is 6.65. The van der Waals surface area contributed by atoms with Crippen LogP contribution in [0.5, 0.6) is 0 Å². The molecule has 0 aliphatic carbocycles. The van der Waals surface area contributed by atoms with Crippen LogP contribution in [0.3, 0.4) is 0 Å². The second kappa shape index (κ2) is 6.46. The number of nitrogens with two attached hydrogens (primary N) is 1. The van der Waals surface area contributed by atoms with E-state index in [1.54, 1.807) is 0 Å². The molecule has 0 atom stereocenters. The molecule has 0 rings (SSSR count). The lowest BCUT2D eigenvalue weighted by atomic mass is 10.7. The number of aliphatic hydroxyl groups is 2. The van der Waals surface area contributed by atoms with Gasteiger partial charge in [0.2, 0.25) is 0 Å². The Kier molecular flexibility index (Phi) is 7.84. The van der Waals surface area contributed by atoms with Crippen molar-refractivity contribution >= 4 is 10.4 Å². The highest BCUT2D eigenvalue weighted by Crippen LogP contribution is 1.74. The Hall–Kier alpha value is -0.250. The Morgan fingerprint density at radius 2 is 1.73 bits per heavy atom. The molecule has 0 spiro atoms. The molecule has 5 N–H and O–H groups in total. The molecule has 0 radical (unpaired) electrons. The summed E-state index contributed by atoms with van der Waals surface area (Å²) in [7, 11) is -3.29. The van der Waals surface area contributed by atoms with Crippen molar-refractivity contribution < 1.29 is 27.4 Å². The van der Waals surface area contributed by atoms with E-state index in [0.29, 0.717) is 0 Å². The molecule has 0 unspecified atom stereocenters. The molecule has 11 heavy (non-hydrogen) atoms. The SMILES string of the molecule is COS(=O)(=O)O.NCC(O)O. The predicted molar refractivity (Wildman–Crippen MR) is 35.8 cm³/mol. The Bertz CT molecular complexity index is 163. The second-order valence-electron chi connectivity index (χ2n) is 1.31. The summed E-state index contributed by atoms with van der Waals surface area (Å²) >= 11 is 0. The fraction of sp³-hybridized carbons (Fsp3) is 1.00. The smallest absolute Gasteiger partial charge is 0.367 e. The largest absolute Gasteiger partial charge is 0.397 e. The molecule has 70 valence electrons. The summed E-state index contributed by atoms with van der Waals surface area (Å²) in [4.78, 5) is 0. The third kappa shape index (κ3) is 26.0. The molecule has 0 aromatic carbocycles. The van der Waals surface area contributed by atoms with Crippen LogP contribution in [-0.4, -0.2) is 43.1 Å². The van der Waals surface area contributed by atoms with E-state index in [0.717, 1.165) is 7.11 Å². The topological polar surface area (TPSA) is 130 Å². The van der Waals surface area contributed by atoms with Crippen LogP contribution in [0.2, 0.25) is 0 Å². The molecule has 0 aromatic rings. The van der Waals surface area contributed by atoms with Gasteiger partial charge >= 0.3 is 10.4 Å². The van der Waals surface area contributed by atoms with Crippen molar-refractivity contribution in [1.29, 1.82) is 0 Å². The average molecular weight is 189 g/mol. The lowest BCUT2D eigenvalue weighted by Crippen LogP contribution is -2.17. The Morgan fingerprint density at radius 1 is 1.55 bits per heavy atom. The second-order valence-corrected chi connectivity index (χ2v) is 2.50. The predicted octanol–water partition coefficient (Wildman–Crippen LogP) is -2.31. The summed E-state index contributed by atoms with van der Waals surface area (Å²) in [5.41, 5.74) is 4.67. The number of hydrogen-bond acceptors (Lipinski definition) is 6. The van der Waals surface area contributed by atoms with Crippen molar-refractivity contribution in [2.45, 2.75) is 6.29 Å². The molecule has 0 fully saturated rings. The molecule has 0 saturated heterocycles. The summed E-state index contributed by atoms with van der Waals surface area (Å²) in [6.07, 6.45) is -1.34. The monoisotopic (exact) mass is 189 g/mol. The van der Waals surface area contributed by atoms with E-state index in [1.807, 2.05) is 0 Å². The average Bonchev–Trinajstić information content (AvgIpc) is 1.88. The zero-order chi connectivity index (χ0) is 9.49. The first-order chi connectivity index (χ1) is 4.83. The van der Waals surface area contributed by atoms with Gasteiger partial charge in [-0.15, -0.1) is 0 Å². The molecule has 0 aromatic heterocycles. The van der Waals surface area contributed by atoms with Crippen LogP contribution >= 0.6 is 0 Å². The third-order valence-electron chi connectivity index (χ3n) is 0.421. The van der Waals surface area contributed by atoms with Crippen molar-refractivity contribution in [2.75, 3.05) is 13.7 Å². The van der Waals surface area contributed by atoms with E-state index in [1.165, 1.54) is 0 Å². The van der Waals surface area contributed by atoms with Crippen LogP contribution in [-0.2, 0) is 14.6 Å². The van der Waals surface area contributed by atoms with Gasteiger partial charge in [0, 0.05) is 6.54 Å². The fourth-order valence-electron chi connectivity index (χ4n) is 0. The van der Waals surface area contributed by atoms with Gasteiger partial charge < -0.3 is 15.9 Å². The summed E-state index contributed by atoms with van der Waals surface area (Å²) in [5, 5.41) is 15.6. The Balaban J connectivity index is 0. The first-order valence-electron chi connectivity index (χ1n) is 2.42. The first-order valence-corrected chi connectivity index (χ1v) is 3.79. The van der Waals surface area contributed by atoms with Gasteiger partial charge in [0.25, 0.3) is 0 Å². The van der Waals surface area contributed by atoms with Gasteiger partial charge in [0.05, 0.1) is 7.11 Å². The van der Waals surface area contributed by atoms with Crippen molar-refractivity contribution in [3.8, 4) is 0 Å². The fourth-order valence-corrected chi connectivity index (χ4v) is 0. The van der Waals surface area contributed by atoms with Gasteiger partial charge in [-0.1, -0.05) is 0 Å². The highest BCUT2D eigenvalue weighted by Gasteiger charge is 1.94. The van der Waals surface area contributed by atoms with Crippen LogP contribution < -0.4 is 5.73 Å². The molecule has 0 aliphatic rings. The molecule has 0 bridgehead atoms. The Morgan fingerprint density at radius 3 is 1.73 bits per heavy atom.